The molecule has 2 aromatic heterocycles. The van der Waals surface area contributed by atoms with Gasteiger partial charge in [0.15, 0.2) is 0 Å². The number of thiophene rings is 1. The predicted octanol–water partition coefficient (Wildman–Crippen LogP) is 2.82. The monoisotopic (exact) mass is 300 g/mol. The molecule has 5 heteroatoms. The second-order valence-corrected chi connectivity index (χ2v) is 6.05. The van der Waals surface area contributed by atoms with Crippen molar-refractivity contribution in [1.82, 2.24) is 4.57 Å². The first-order valence-corrected chi connectivity index (χ1v) is 7.92. The fourth-order valence-corrected chi connectivity index (χ4v) is 3.42. The van der Waals surface area contributed by atoms with Gasteiger partial charge in [-0.25, -0.2) is 0 Å². The Labute approximate surface area is 127 Å². The third-order valence-electron chi connectivity index (χ3n) is 3.71. The summed E-state index contributed by atoms with van der Waals surface area (Å²) in [6.07, 6.45) is 2.28. The zero-order chi connectivity index (χ0) is 14.7. The van der Waals surface area contributed by atoms with Crippen LogP contribution in [0.15, 0.2) is 34.4 Å². The Kier molecular flexibility index (Phi) is 4.18. The van der Waals surface area contributed by atoms with Crippen molar-refractivity contribution in [2.45, 2.75) is 31.9 Å². The van der Waals surface area contributed by atoms with Crippen LogP contribution in [0.25, 0.3) is 10.6 Å². The van der Waals surface area contributed by atoms with Crippen LogP contribution in [0.5, 0.6) is 0 Å². The normalized spacial score (nSPS) is 17.8. The van der Waals surface area contributed by atoms with Crippen LogP contribution in [0.3, 0.4) is 0 Å². The van der Waals surface area contributed by atoms with Gasteiger partial charge in [0.2, 0.25) is 0 Å². The molecule has 0 aromatic carbocycles. The van der Waals surface area contributed by atoms with Crippen LogP contribution in [0, 0.1) is 11.3 Å². The van der Waals surface area contributed by atoms with Gasteiger partial charge in [0.05, 0.1) is 35.7 Å². The molecule has 1 fully saturated rings. The van der Waals surface area contributed by atoms with Crippen molar-refractivity contribution in [2.24, 2.45) is 0 Å². The van der Waals surface area contributed by atoms with Crippen LogP contribution >= 0.6 is 11.3 Å². The highest BCUT2D eigenvalue weighted by molar-refractivity contribution is 7.13. The van der Waals surface area contributed by atoms with E-state index in [1.54, 1.807) is 22.0 Å². The molecule has 0 spiro atoms. The maximum atomic E-state index is 12.6. The highest BCUT2D eigenvalue weighted by atomic mass is 32.1. The average molecular weight is 300 g/mol. The summed E-state index contributed by atoms with van der Waals surface area (Å²) in [4.78, 5) is 13.7. The second kappa shape index (κ2) is 6.25. The van der Waals surface area contributed by atoms with E-state index in [-0.39, 0.29) is 18.1 Å². The van der Waals surface area contributed by atoms with E-state index in [1.807, 2.05) is 23.6 Å². The summed E-state index contributed by atoms with van der Waals surface area (Å²) in [5.41, 5.74) is 1.39. The van der Waals surface area contributed by atoms with Crippen LogP contribution < -0.4 is 5.56 Å². The van der Waals surface area contributed by atoms with E-state index in [9.17, 15) is 4.79 Å². The van der Waals surface area contributed by atoms with Crippen molar-refractivity contribution < 1.29 is 4.74 Å². The summed E-state index contributed by atoms with van der Waals surface area (Å²) < 4.78 is 7.44. The predicted molar refractivity (Wildman–Crippen MR) is 82.3 cm³/mol. The third-order valence-corrected chi connectivity index (χ3v) is 4.60. The highest BCUT2D eigenvalue weighted by Crippen LogP contribution is 2.25. The lowest BCUT2D eigenvalue weighted by Gasteiger charge is -2.16. The summed E-state index contributed by atoms with van der Waals surface area (Å²) in [5.74, 6) is 0. The van der Waals surface area contributed by atoms with Crippen molar-refractivity contribution in [1.29, 1.82) is 5.26 Å². The minimum atomic E-state index is -0.0713. The molecule has 0 saturated carbocycles. The van der Waals surface area contributed by atoms with Crippen LogP contribution in [-0.2, 0) is 17.7 Å². The number of hydrogen-bond acceptors (Lipinski definition) is 4. The van der Waals surface area contributed by atoms with E-state index in [0.717, 1.165) is 30.0 Å². The van der Waals surface area contributed by atoms with Gasteiger partial charge in [0.25, 0.3) is 5.56 Å². The Balaban J connectivity index is 2.05. The average Bonchev–Trinajstić information content (AvgIpc) is 3.16. The van der Waals surface area contributed by atoms with E-state index in [2.05, 4.69) is 6.07 Å². The van der Waals surface area contributed by atoms with Gasteiger partial charge in [-0.2, -0.15) is 5.26 Å². The Hall–Kier alpha value is -1.90. The van der Waals surface area contributed by atoms with Crippen molar-refractivity contribution in [3.63, 3.8) is 0 Å². The smallest absolute Gasteiger partial charge is 0.255 e. The summed E-state index contributed by atoms with van der Waals surface area (Å²) in [7, 11) is 0. The lowest BCUT2D eigenvalue weighted by Crippen LogP contribution is -2.29. The zero-order valence-corrected chi connectivity index (χ0v) is 12.4. The number of nitrogens with zero attached hydrogens (tertiary/aromatic N) is 2. The fourth-order valence-electron chi connectivity index (χ4n) is 2.66. The van der Waals surface area contributed by atoms with Gasteiger partial charge in [0.1, 0.15) is 0 Å². The van der Waals surface area contributed by atoms with E-state index in [0.29, 0.717) is 12.1 Å². The Morgan fingerprint density at radius 2 is 2.33 bits per heavy atom. The van der Waals surface area contributed by atoms with E-state index in [4.69, 9.17) is 10.00 Å². The van der Waals surface area contributed by atoms with Crippen molar-refractivity contribution in [2.75, 3.05) is 6.61 Å². The molecule has 3 heterocycles. The van der Waals surface area contributed by atoms with Gasteiger partial charge in [0, 0.05) is 12.2 Å². The Bertz CT molecular complexity index is 707. The van der Waals surface area contributed by atoms with Crippen LogP contribution in [-0.4, -0.2) is 17.3 Å². The molecule has 1 atom stereocenters. The number of rotatable bonds is 4. The Morgan fingerprint density at radius 3 is 3.00 bits per heavy atom. The largest absolute Gasteiger partial charge is 0.376 e. The quantitative estimate of drug-likeness (QED) is 0.872. The number of hydrogen-bond donors (Lipinski definition) is 0. The highest BCUT2D eigenvalue weighted by Gasteiger charge is 2.19. The first kappa shape index (κ1) is 14.1. The molecule has 4 nitrogen and oxygen atoms in total. The van der Waals surface area contributed by atoms with Crippen LogP contribution in [0.4, 0.5) is 0 Å². The first-order chi connectivity index (χ1) is 10.3. The first-order valence-electron chi connectivity index (χ1n) is 7.05. The lowest BCUT2D eigenvalue weighted by atomic mass is 10.1. The van der Waals surface area contributed by atoms with Gasteiger partial charge in [-0.1, -0.05) is 12.1 Å². The molecule has 3 rings (SSSR count). The fraction of sp³-hybridized carbons (Fsp3) is 0.375. The van der Waals surface area contributed by atoms with Gasteiger partial charge >= 0.3 is 0 Å². The number of nitriles is 1. The molecule has 1 aliphatic heterocycles. The number of aromatic nitrogens is 1. The van der Waals surface area contributed by atoms with Crippen molar-refractivity contribution >= 4 is 11.3 Å². The molecular weight excluding hydrogens is 284 g/mol. The molecule has 0 radical (unpaired) electrons. The summed E-state index contributed by atoms with van der Waals surface area (Å²) >= 11 is 1.61. The molecule has 1 aliphatic rings. The Morgan fingerprint density at radius 1 is 1.43 bits per heavy atom. The number of pyridine rings is 1. The molecule has 0 bridgehead atoms. The molecule has 21 heavy (non-hydrogen) atoms. The van der Waals surface area contributed by atoms with E-state index >= 15 is 0 Å². The second-order valence-electron chi connectivity index (χ2n) is 5.11. The standard InChI is InChI=1S/C16H16N2O2S/c17-8-7-12-5-6-14(15-4-2-10-21-15)18(16(12)19)11-13-3-1-9-20-13/h2,4-6,10,13H,1,3,7,9,11H2. The van der Waals surface area contributed by atoms with Gasteiger partial charge in [-0.05, 0) is 30.4 Å². The maximum Gasteiger partial charge on any atom is 0.255 e. The number of ether oxygens (including phenoxy) is 1. The van der Waals surface area contributed by atoms with Gasteiger partial charge in [-0.15, -0.1) is 11.3 Å². The molecule has 2 aromatic rings. The maximum absolute atomic E-state index is 12.6. The minimum absolute atomic E-state index is 0.0713. The SMILES string of the molecule is N#CCc1ccc(-c2cccs2)n(CC2CCCO2)c1=O. The van der Waals surface area contributed by atoms with Gasteiger partial charge in [-0.3, -0.25) is 4.79 Å². The molecular formula is C16H16N2O2S. The van der Waals surface area contributed by atoms with Crippen molar-refractivity contribution in [3.05, 3.63) is 45.6 Å². The van der Waals surface area contributed by atoms with E-state index in [1.165, 1.54) is 0 Å². The van der Waals surface area contributed by atoms with Crippen LogP contribution in [0.1, 0.15) is 18.4 Å². The molecule has 0 amide bonds. The van der Waals surface area contributed by atoms with Crippen LogP contribution in [0.2, 0.25) is 0 Å². The van der Waals surface area contributed by atoms with E-state index < -0.39 is 0 Å². The summed E-state index contributed by atoms with van der Waals surface area (Å²) in [6.45, 7) is 1.33. The molecule has 0 N–H and O–H groups in total. The summed E-state index contributed by atoms with van der Waals surface area (Å²) in [5, 5.41) is 10.9. The minimum Gasteiger partial charge on any atom is -0.376 e. The molecule has 1 saturated heterocycles. The molecule has 0 aliphatic carbocycles. The molecule has 1 unspecified atom stereocenters. The lowest BCUT2D eigenvalue weighted by molar-refractivity contribution is 0.0965. The zero-order valence-electron chi connectivity index (χ0n) is 11.6. The summed E-state index contributed by atoms with van der Waals surface area (Å²) in [6, 6.07) is 9.75. The van der Waals surface area contributed by atoms with Gasteiger partial charge < -0.3 is 9.30 Å². The third kappa shape index (κ3) is 2.92. The molecule has 108 valence electrons. The van der Waals surface area contributed by atoms with Crippen molar-refractivity contribution in [3.8, 4) is 16.6 Å². The topological polar surface area (TPSA) is 55.0 Å².